The Labute approximate surface area is 181 Å². The number of amides is 1. The molecule has 4 rings (SSSR count). The van der Waals surface area contributed by atoms with Gasteiger partial charge in [-0.15, -0.1) is 0 Å². The Morgan fingerprint density at radius 2 is 1.86 bits per heavy atom. The van der Waals surface area contributed by atoms with E-state index in [0.717, 1.165) is 51.8 Å². The first kappa shape index (κ1) is 20.0. The van der Waals surface area contributed by atoms with Gasteiger partial charge in [0.2, 0.25) is 5.91 Å². The van der Waals surface area contributed by atoms with Gasteiger partial charge in [-0.05, 0) is 30.3 Å². The van der Waals surface area contributed by atoms with Crippen molar-refractivity contribution < 1.29 is 14.3 Å². The number of ketones is 1. The zero-order valence-corrected chi connectivity index (χ0v) is 18.1. The second kappa shape index (κ2) is 9.02. The lowest BCUT2D eigenvalue weighted by atomic mass is 10.1. The average Bonchev–Trinajstić information content (AvgIpc) is 3.17. The molecule has 0 atom stereocenters. The van der Waals surface area contributed by atoms with E-state index in [9.17, 15) is 9.59 Å². The molecule has 1 aliphatic rings. The Hall–Kier alpha value is -2.29. The molecular formula is C21H20BrN3O3S. The number of fused-ring (bicyclic) bond motifs is 1. The lowest BCUT2D eigenvalue weighted by Crippen LogP contribution is -2.36. The van der Waals surface area contributed by atoms with Crippen molar-refractivity contribution in [3.05, 3.63) is 52.5 Å². The number of benzene rings is 2. The normalized spacial score (nSPS) is 14.2. The molecule has 29 heavy (non-hydrogen) atoms. The minimum Gasteiger partial charge on any atom is -0.378 e. The maximum Gasteiger partial charge on any atom is 0.224 e. The largest absolute Gasteiger partial charge is 0.378 e. The summed E-state index contributed by atoms with van der Waals surface area (Å²) in [6, 6.07) is 12.9. The first-order chi connectivity index (χ1) is 14.1. The molecule has 3 aromatic rings. The fourth-order valence-corrected chi connectivity index (χ4v) is 4.43. The summed E-state index contributed by atoms with van der Waals surface area (Å²) in [4.78, 5) is 31.4. The topological polar surface area (TPSA) is 71.5 Å². The number of ether oxygens (including phenoxy) is 1. The van der Waals surface area contributed by atoms with Crippen LogP contribution in [0.4, 0.5) is 10.8 Å². The summed E-state index contributed by atoms with van der Waals surface area (Å²) in [5.41, 5.74) is 2.25. The number of Topliss-reactive ketones (excluding diaryl/α,β-unsaturated/α-hetero) is 1. The Morgan fingerprint density at radius 1 is 1.10 bits per heavy atom. The number of nitrogens with one attached hydrogen (secondary N) is 1. The van der Waals surface area contributed by atoms with Crippen LogP contribution in [0, 0.1) is 0 Å². The quantitative estimate of drug-likeness (QED) is 0.533. The molecule has 1 aliphatic heterocycles. The minimum absolute atomic E-state index is 0.0410. The van der Waals surface area contributed by atoms with Crippen molar-refractivity contribution >= 4 is 60.0 Å². The van der Waals surface area contributed by atoms with E-state index in [0.29, 0.717) is 5.56 Å². The number of morpholine rings is 1. The number of hydrogen-bond donors (Lipinski definition) is 1. The van der Waals surface area contributed by atoms with Crippen LogP contribution in [-0.2, 0) is 9.53 Å². The molecule has 1 saturated heterocycles. The monoisotopic (exact) mass is 473 g/mol. The van der Waals surface area contributed by atoms with Crippen LogP contribution >= 0.6 is 27.3 Å². The number of halogens is 1. The van der Waals surface area contributed by atoms with Gasteiger partial charge in [-0.25, -0.2) is 4.98 Å². The molecule has 1 fully saturated rings. The number of rotatable bonds is 6. The number of aromatic nitrogens is 1. The molecule has 0 bridgehead atoms. The highest BCUT2D eigenvalue weighted by Gasteiger charge is 2.16. The smallest absolute Gasteiger partial charge is 0.224 e. The molecule has 1 aromatic heterocycles. The predicted octanol–water partition coefficient (Wildman–Crippen LogP) is 4.50. The van der Waals surface area contributed by atoms with Crippen molar-refractivity contribution in [2.45, 2.75) is 12.8 Å². The summed E-state index contributed by atoms with van der Waals surface area (Å²) in [6.45, 7) is 3.12. The van der Waals surface area contributed by atoms with Gasteiger partial charge in [0, 0.05) is 41.7 Å². The van der Waals surface area contributed by atoms with Crippen LogP contribution in [0.3, 0.4) is 0 Å². The van der Waals surface area contributed by atoms with E-state index in [1.807, 2.05) is 30.3 Å². The molecular weight excluding hydrogens is 454 g/mol. The van der Waals surface area contributed by atoms with Crippen molar-refractivity contribution in [3.63, 3.8) is 0 Å². The number of anilines is 2. The maximum atomic E-state index is 12.3. The zero-order chi connectivity index (χ0) is 20.2. The summed E-state index contributed by atoms with van der Waals surface area (Å²) < 4.78 is 7.33. The molecule has 1 N–H and O–H groups in total. The number of carbonyl (C=O) groups excluding carboxylic acids is 2. The lowest BCUT2D eigenvalue weighted by Gasteiger charge is -2.25. The molecule has 0 spiro atoms. The highest BCUT2D eigenvalue weighted by atomic mass is 79.9. The van der Waals surface area contributed by atoms with Gasteiger partial charge in [-0.3, -0.25) is 9.59 Å². The molecule has 150 valence electrons. The van der Waals surface area contributed by atoms with Gasteiger partial charge < -0.3 is 15.0 Å². The van der Waals surface area contributed by atoms with E-state index in [1.54, 1.807) is 23.5 Å². The molecule has 2 heterocycles. The second-order valence-electron chi connectivity index (χ2n) is 6.76. The third kappa shape index (κ3) is 5.01. The Balaban J connectivity index is 1.36. The summed E-state index contributed by atoms with van der Waals surface area (Å²) in [7, 11) is 0. The van der Waals surface area contributed by atoms with Crippen molar-refractivity contribution in [1.29, 1.82) is 0 Å². The van der Waals surface area contributed by atoms with Crippen LogP contribution in [0.1, 0.15) is 23.2 Å². The van der Waals surface area contributed by atoms with Crippen LogP contribution in [0.25, 0.3) is 10.2 Å². The van der Waals surface area contributed by atoms with E-state index in [1.165, 1.54) is 0 Å². The SMILES string of the molecule is O=C(CCC(=O)c1ccc(Br)cc1)Nc1ccc2nc(N3CCOCC3)sc2c1. The van der Waals surface area contributed by atoms with E-state index in [2.05, 4.69) is 31.1 Å². The number of nitrogens with zero attached hydrogens (tertiary/aromatic N) is 2. The average molecular weight is 474 g/mol. The summed E-state index contributed by atoms with van der Waals surface area (Å²) in [6.07, 6.45) is 0.325. The van der Waals surface area contributed by atoms with E-state index < -0.39 is 0 Å². The summed E-state index contributed by atoms with van der Waals surface area (Å²) in [5.74, 6) is -0.214. The zero-order valence-electron chi connectivity index (χ0n) is 15.7. The molecule has 1 amide bonds. The molecule has 2 aromatic carbocycles. The molecule has 0 unspecified atom stereocenters. The first-order valence-corrected chi connectivity index (χ1v) is 11.0. The molecule has 0 saturated carbocycles. The fourth-order valence-electron chi connectivity index (χ4n) is 3.11. The van der Waals surface area contributed by atoms with Crippen LogP contribution in [-0.4, -0.2) is 43.0 Å². The van der Waals surface area contributed by atoms with E-state index in [4.69, 9.17) is 4.74 Å². The van der Waals surface area contributed by atoms with Crippen LogP contribution in [0.2, 0.25) is 0 Å². The van der Waals surface area contributed by atoms with Gasteiger partial charge in [-0.2, -0.15) is 0 Å². The minimum atomic E-state index is -0.173. The molecule has 0 radical (unpaired) electrons. The number of carbonyl (C=O) groups is 2. The standard InChI is InChI=1S/C21H20BrN3O3S/c22-15-3-1-14(2-4-15)18(26)7-8-20(27)23-16-5-6-17-19(13-16)29-21(24-17)25-9-11-28-12-10-25/h1-6,13H,7-12H2,(H,23,27). The third-order valence-electron chi connectivity index (χ3n) is 4.69. The van der Waals surface area contributed by atoms with Crippen molar-refractivity contribution in [1.82, 2.24) is 4.98 Å². The highest BCUT2D eigenvalue weighted by Crippen LogP contribution is 2.31. The highest BCUT2D eigenvalue weighted by molar-refractivity contribution is 9.10. The van der Waals surface area contributed by atoms with Crippen LogP contribution in [0.15, 0.2) is 46.9 Å². The van der Waals surface area contributed by atoms with Gasteiger partial charge in [0.15, 0.2) is 10.9 Å². The van der Waals surface area contributed by atoms with Crippen molar-refractivity contribution in [3.8, 4) is 0 Å². The Bertz CT molecular complexity index is 1030. The fraction of sp³-hybridized carbons (Fsp3) is 0.286. The van der Waals surface area contributed by atoms with E-state index in [-0.39, 0.29) is 24.5 Å². The Morgan fingerprint density at radius 3 is 2.62 bits per heavy atom. The summed E-state index contributed by atoms with van der Waals surface area (Å²) >= 11 is 4.96. The first-order valence-electron chi connectivity index (χ1n) is 9.40. The van der Waals surface area contributed by atoms with Gasteiger partial charge in [0.25, 0.3) is 0 Å². The van der Waals surface area contributed by atoms with E-state index >= 15 is 0 Å². The lowest BCUT2D eigenvalue weighted by molar-refractivity contribution is -0.116. The Kier molecular flexibility index (Phi) is 6.22. The molecule has 0 aliphatic carbocycles. The number of hydrogen-bond acceptors (Lipinski definition) is 6. The van der Waals surface area contributed by atoms with Gasteiger partial charge in [-0.1, -0.05) is 39.4 Å². The molecule has 6 nitrogen and oxygen atoms in total. The van der Waals surface area contributed by atoms with Crippen LogP contribution in [0.5, 0.6) is 0 Å². The number of thiazole rings is 1. The van der Waals surface area contributed by atoms with Gasteiger partial charge in [0.1, 0.15) is 0 Å². The second-order valence-corrected chi connectivity index (χ2v) is 8.68. The van der Waals surface area contributed by atoms with Crippen molar-refractivity contribution in [2.24, 2.45) is 0 Å². The molecule has 8 heteroatoms. The third-order valence-corrected chi connectivity index (χ3v) is 6.30. The summed E-state index contributed by atoms with van der Waals surface area (Å²) in [5, 5.41) is 3.86. The van der Waals surface area contributed by atoms with Gasteiger partial charge >= 0.3 is 0 Å². The van der Waals surface area contributed by atoms with Crippen molar-refractivity contribution in [2.75, 3.05) is 36.5 Å². The maximum absolute atomic E-state index is 12.3. The predicted molar refractivity (Wildman–Crippen MR) is 119 cm³/mol. The van der Waals surface area contributed by atoms with Gasteiger partial charge in [0.05, 0.1) is 23.4 Å². The van der Waals surface area contributed by atoms with Crippen LogP contribution < -0.4 is 10.2 Å².